The molecule has 2 spiro atoms. The molecule has 154 valence electrons. The van der Waals surface area contributed by atoms with E-state index in [-0.39, 0.29) is 27.8 Å². The molecule has 1 saturated heterocycles. The van der Waals surface area contributed by atoms with Crippen LogP contribution < -0.4 is 0 Å². The molecule has 0 radical (unpaired) electrons. The van der Waals surface area contributed by atoms with Crippen molar-refractivity contribution in [2.75, 3.05) is 0 Å². The first kappa shape index (κ1) is 16.6. The van der Waals surface area contributed by atoms with E-state index in [1.807, 2.05) is 0 Å². The summed E-state index contributed by atoms with van der Waals surface area (Å²) in [4.78, 5) is 25.1. The molecule has 0 aromatic rings. The molecule has 0 amide bonds. The largest absolute Gasteiger partial charge is 0.458 e. The highest BCUT2D eigenvalue weighted by atomic mass is 16.6. The zero-order valence-electron chi connectivity index (χ0n) is 17.7. The van der Waals surface area contributed by atoms with Crippen LogP contribution in [-0.4, -0.2) is 17.4 Å². The summed E-state index contributed by atoms with van der Waals surface area (Å²) in [5.74, 6) is 5.76. The molecule has 0 N–H and O–H groups in total. The predicted octanol–water partition coefficient (Wildman–Crippen LogP) is 4.70. The van der Waals surface area contributed by atoms with E-state index in [1.165, 1.54) is 25.7 Å². The Morgan fingerprint density at radius 3 is 2.55 bits per heavy atom. The molecular formula is C26H32O3. The number of ether oxygens (including phenoxy) is 1. The smallest absolute Gasteiger partial charge is 0.306 e. The van der Waals surface area contributed by atoms with Gasteiger partial charge in [0.1, 0.15) is 5.60 Å². The van der Waals surface area contributed by atoms with Crippen molar-refractivity contribution in [3.8, 4) is 0 Å². The summed E-state index contributed by atoms with van der Waals surface area (Å²) in [6.45, 7) is 5.06. The Morgan fingerprint density at radius 2 is 1.83 bits per heavy atom. The molecule has 6 saturated carbocycles. The molecule has 0 aromatic carbocycles. The predicted molar refractivity (Wildman–Crippen MR) is 107 cm³/mol. The first-order valence-corrected chi connectivity index (χ1v) is 12.3. The van der Waals surface area contributed by atoms with Crippen molar-refractivity contribution < 1.29 is 14.3 Å². The maximum absolute atomic E-state index is 12.9. The van der Waals surface area contributed by atoms with Crippen molar-refractivity contribution in [1.29, 1.82) is 0 Å². The molecule has 29 heavy (non-hydrogen) atoms. The third kappa shape index (κ3) is 1.60. The van der Waals surface area contributed by atoms with Gasteiger partial charge in [-0.1, -0.05) is 19.4 Å². The van der Waals surface area contributed by atoms with Crippen LogP contribution >= 0.6 is 0 Å². The van der Waals surface area contributed by atoms with E-state index in [1.54, 1.807) is 5.57 Å². The number of rotatable bonds is 0. The monoisotopic (exact) mass is 392 g/mol. The molecule has 7 aliphatic carbocycles. The van der Waals surface area contributed by atoms with E-state index in [4.69, 9.17) is 4.74 Å². The van der Waals surface area contributed by atoms with Gasteiger partial charge in [0.15, 0.2) is 5.78 Å². The molecule has 8 aliphatic rings. The Hall–Kier alpha value is -1.12. The fourth-order valence-electron chi connectivity index (χ4n) is 10.7. The summed E-state index contributed by atoms with van der Waals surface area (Å²) >= 11 is 0. The zero-order chi connectivity index (χ0) is 19.6. The Labute approximate surface area is 173 Å². The van der Waals surface area contributed by atoms with E-state index < -0.39 is 0 Å². The van der Waals surface area contributed by atoms with Gasteiger partial charge in [-0.25, -0.2) is 0 Å². The van der Waals surface area contributed by atoms with Gasteiger partial charge in [-0.05, 0) is 98.4 Å². The van der Waals surface area contributed by atoms with E-state index >= 15 is 0 Å². The molecule has 3 nitrogen and oxygen atoms in total. The lowest BCUT2D eigenvalue weighted by Crippen LogP contribution is -2.58. The quantitative estimate of drug-likeness (QED) is 0.562. The summed E-state index contributed by atoms with van der Waals surface area (Å²) in [6.07, 6.45) is 12.3. The van der Waals surface area contributed by atoms with E-state index in [9.17, 15) is 9.59 Å². The Bertz CT molecular complexity index is 928. The molecule has 8 rings (SSSR count). The molecule has 10 atom stereocenters. The van der Waals surface area contributed by atoms with Crippen LogP contribution in [0.1, 0.15) is 71.6 Å². The number of ketones is 1. The lowest BCUT2D eigenvalue weighted by molar-refractivity contribution is -0.178. The van der Waals surface area contributed by atoms with Gasteiger partial charge in [0.05, 0.1) is 0 Å². The number of allylic oxidation sites excluding steroid dienone is 1. The zero-order valence-corrected chi connectivity index (χ0v) is 17.7. The first-order chi connectivity index (χ1) is 13.8. The second-order valence-electron chi connectivity index (χ2n) is 12.9. The number of hydrogen-bond donors (Lipinski definition) is 0. The molecule has 0 bridgehead atoms. The van der Waals surface area contributed by atoms with Gasteiger partial charge < -0.3 is 4.74 Å². The minimum atomic E-state index is -0.133. The van der Waals surface area contributed by atoms with Gasteiger partial charge >= 0.3 is 5.97 Å². The van der Waals surface area contributed by atoms with Crippen molar-refractivity contribution in [3.05, 3.63) is 11.6 Å². The lowest BCUT2D eigenvalue weighted by Gasteiger charge is -2.60. The summed E-state index contributed by atoms with van der Waals surface area (Å²) < 4.78 is 6.26. The molecule has 7 fully saturated rings. The SMILES string of the molecule is C[C@]12CC3(CC3)C(=O)C=C1[C@@H]1CC1C1C2CC[C@@]2(C)C1[C@@H]1CC1[C@@]21CCC(=O)O1. The minimum absolute atomic E-state index is 0.0191. The van der Waals surface area contributed by atoms with Gasteiger partial charge in [-0.2, -0.15) is 0 Å². The van der Waals surface area contributed by atoms with E-state index in [0.717, 1.165) is 55.3 Å². The number of carbonyl (C=O) groups is 2. The fourth-order valence-corrected chi connectivity index (χ4v) is 10.7. The maximum Gasteiger partial charge on any atom is 0.306 e. The van der Waals surface area contributed by atoms with Crippen molar-refractivity contribution >= 4 is 11.8 Å². The van der Waals surface area contributed by atoms with Crippen LogP contribution in [0.25, 0.3) is 0 Å². The second-order valence-corrected chi connectivity index (χ2v) is 12.9. The number of hydrogen-bond acceptors (Lipinski definition) is 3. The van der Waals surface area contributed by atoms with Gasteiger partial charge in [0.2, 0.25) is 0 Å². The maximum atomic E-state index is 12.9. The van der Waals surface area contributed by atoms with Crippen molar-refractivity contribution in [2.24, 2.45) is 57.7 Å². The fraction of sp³-hybridized carbons (Fsp3) is 0.846. The van der Waals surface area contributed by atoms with Crippen LogP contribution in [0, 0.1) is 57.7 Å². The molecular weight excluding hydrogens is 360 g/mol. The Kier molecular flexibility index (Phi) is 2.52. The molecule has 1 heterocycles. The van der Waals surface area contributed by atoms with Crippen LogP contribution in [0.5, 0.6) is 0 Å². The summed E-state index contributed by atoms with van der Waals surface area (Å²) in [6, 6.07) is 0. The lowest BCUT2D eigenvalue weighted by atomic mass is 9.44. The number of esters is 1. The highest BCUT2D eigenvalue weighted by Crippen LogP contribution is 2.83. The van der Waals surface area contributed by atoms with Gasteiger partial charge in [-0.3, -0.25) is 9.59 Å². The Morgan fingerprint density at radius 1 is 1.00 bits per heavy atom. The molecule has 1 aliphatic heterocycles. The third-order valence-corrected chi connectivity index (χ3v) is 12.0. The molecule has 5 unspecified atom stereocenters. The van der Waals surface area contributed by atoms with Crippen molar-refractivity contribution in [3.63, 3.8) is 0 Å². The summed E-state index contributed by atoms with van der Waals surface area (Å²) in [5, 5.41) is 0. The summed E-state index contributed by atoms with van der Waals surface area (Å²) in [5.41, 5.74) is 1.89. The molecule has 0 aromatic heterocycles. The van der Waals surface area contributed by atoms with Gasteiger partial charge in [0.25, 0.3) is 0 Å². The molecule has 3 heteroatoms. The number of fused-ring (bicyclic) bond motifs is 12. The van der Waals surface area contributed by atoms with E-state index in [2.05, 4.69) is 19.9 Å². The van der Waals surface area contributed by atoms with Crippen LogP contribution in [0.15, 0.2) is 11.6 Å². The van der Waals surface area contributed by atoms with Crippen LogP contribution in [0.2, 0.25) is 0 Å². The topological polar surface area (TPSA) is 43.4 Å². The highest BCUT2D eigenvalue weighted by Gasteiger charge is 2.81. The third-order valence-electron chi connectivity index (χ3n) is 12.0. The van der Waals surface area contributed by atoms with Gasteiger partial charge in [0, 0.05) is 23.2 Å². The summed E-state index contributed by atoms with van der Waals surface area (Å²) in [7, 11) is 0. The average Bonchev–Trinajstić information content (AvgIpc) is 3.58. The Balaban J connectivity index is 1.24. The van der Waals surface area contributed by atoms with Crippen molar-refractivity contribution in [2.45, 2.75) is 77.2 Å². The minimum Gasteiger partial charge on any atom is -0.458 e. The van der Waals surface area contributed by atoms with Crippen LogP contribution in [-0.2, 0) is 14.3 Å². The van der Waals surface area contributed by atoms with E-state index in [0.29, 0.717) is 24.0 Å². The standard InChI is InChI=1S/C26H32O3/c1-23-12-25(7-8-25)19(27)11-17(23)13-9-14(13)21-16(23)3-5-24(2)22(21)15-10-18(15)26(24)6-4-20(28)29-26/h11,13-16,18,21-22H,3-10,12H2,1-2H3/t13-,14?,15-,16?,18?,21?,22?,23-,24+,26+/m1/s1. The number of carbonyl (C=O) groups excluding carboxylic acids is 2. The van der Waals surface area contributed by atoms with Crippen molar-refractivity contribution in [1.82, 2.24) is 0 Å². The average molecular weight is 393 g/mol. The second kappa shape index (κ2) is 4.41. The first-order valence-electron chi connectivity index (χ1n) is 12.3. The van der Waals surface area contributed by atoms with Crippen LogP contribution in [0.3, 0.4) is 0 Å². The van der Waals surface area contributed by atoms with Gasteiger partial charge in [-0.15, -0.1) is 0 Å². The highest BCUT2D eigenvalue weighted by molar-refractivity contribution is 5.99. The van der Waals surface area contributed by atoms with Crippen LogP contribution in [0.4, 0.5) is 0 Å². The normalized spacial score (nSPS) is 61.9.